The van der Waals surface area contributed by atoms with Gasteiger partial charge in [0.15, 0.2) is 5.78 Å². The van der Waals surface area contributed by atoms with Crippen molar-refractivity contribution in [3.63, 3.8) is 0 Å². The number of carbonyl (C=O) groups excluding carboxylic acids is 1. The fourth-order valence-electron chi connectivity index (χ4n) is 0.620. The summed E-state index contributed by atoms with van der Waals surface area (Å²) in [5.74, 6) is -0.790. The average molecular weight is 156 g/mol. The molecule has 62 valence electrons. The van der Waals surface area contributed by atoms with Crippen molar-refractivity contribution in [1.29, 1.82) is 0 Å². The Morgan fingerprint density at radius 2 is 2.09 bits per heavy atom. The number of allylic oxidation sites excluding steroid dienone is 2. The zero-order valence-electron chi connectivity index (χ0n) is 6.54. The number of carboxylic acid groups (broad SMARTS) is 1. The highest BCUT2D eigenvalue weighted by Crippen LogP contribution is 1.96. The van der Waals surface area contributed by atoms with Gasteiger partial charge in [0, 0.05) is 6.42 Å². The summed E-state index contributed by atoms with van der Waals surface area (Å²) >= 11 is 0. The van der Waals surface area contributed by atoms with Crippen molar-refractivity contribution >= 4 is 11.8 Å². The van der Waals surface area contributed by atoms with Crippen molar-refractivity contribution in [3.05, 3.63) is 12.2 Å². The third kappa shape index (κ3) is 8.88. The van der Waals surface area contributed by atoms with Crippen LogP contribution in [0.2, 0.25) is 0 Å². The van der Waals surface area contributed by atoms with Gasteiger partial charge in [-0.25, -0.2) is 0 Å². The maximum Gasteiger partial charge on any atom is 0.303 e. The lowest BCUT2D eigenvalue weighted by atomic mass is 10.2. The molecule has 3 nitrogen and oxygen atoms in total. The van der Waals surface area contributed by atoms with E-state index in [2.05, 4.69) is 0 Å². The maximum absolute atomic E-state index is 10.3. The fourth-order valence-corrected chi connectivity index (χ4v) is 0.620. The van der Waals surface area contributed by atoms with Crippen molar-refractivity contribution in [2.24, 2.45) is 0 Å². The number of hydrogen-bond acceptors (Lipinski definition) is 2. The van der Waals surface area contributed by atoms with E-state index in [1.807, 2.05) is 0 Å². The Morgan fingerprint density at radius 1 is 1.45 bits per heavy atom. The Bertz CT molecular complexity index is 170. The second kappa shape index (κ2) is 5.65. The molecule has 0 rings (SSSR count). The molecular formula is C8H12O3. The fraction of sp³-hybridized carbons (Fsp3) is 0.500. The first-order valence-electron chi connectivity index (χ1n) is 3.52. The summed E-state index contributed by atoms with van der Waals surface area (Å²) in [6, 6.07) is 0. The van der Waals surface area contributed by atoms with Crippen LogP contribution in [-0.4, -0.2) is 16.9 Å². The Balaban J connectivity index is 3.27. The standard InChI is InChI=1S/C8H12O3/c1-7(9)5-3-2-4-6-8(10)11/h3,5H,2,4,6H2,1H3,(H,10,11)/b5-3+. The molecule has 0 aliphatic rings. The molecule has 0 aromatic carbocycles. The average Bonchev–Trinajstić information content (AvgIpc) is 1.85. The van der Waals surface area contributed by atoms with E-state index >= 15 is 0 Å². The SMILES string of the molecule is CC(=O)/C=C/CCCC(=O)O. The Labute approximate surface area is 65.7 Å². The number of carbonyl (C=O) groups is 2. The van der Waals surface area contributed by atoms with Gasteiger partial charge in [-0.15, -0.1) is 0 Å². The molecule has 0 bridgehead atoms. The molecule has 0 saturated carbocycles. The van der Waals surface area contributed by atoms with Gasteiger partial charge in [0.1, 0.15) is 0 Å². The van der Waals surface area contributed by atoms with E-state index in [4.69, 9.17) is 5.11 Å². The lowest BCUT2D eigenvalue weighted by Gasteiger charge is -1.88. The van der Waals surface area contributed by atoms with E-state index < -0.39 is 5.97 Å². The topological polar surface area (TPSA) is 54.4 Å². The van der Waals surface area contributed by atoms with Crippen LogP contribution in [0, 0.1) is 0 Å². The van der Waals surface area contributed by atoms with E-state index in [1.165, 1.54) is 13.0 Å². The van der Waals surface area contributed by atoms with Crippen molar-refractivity contribution in [3.8, 4) is 0 Å². The molecule has 0 aromatic heterocycles. The summed E-state index contributed by atoms with van der Waals surface area (Å²) < 4.78 is 0. The number of ketones is 1. The number of hydrogen-bond donors (Lipinski definition) is 1. The summed E-state index contributed by atoms with van der Waals surface area (Å²) in [6.45, 7) is 1.47. The summed E-state index contributed by atoms with van der Waals surface area (Å²) in [6.07, 6.45) is 4.58. The number of rotatable bonds is 5. The van der Waals surface area contributed by atoms with Crippen LogP contribution in [0.4, 0.5) is 0 Å². The van der Waals surface area contributed by atoms with Gasteiger partial charge in [0.25, 0.3) is 0 Å². The molecule has 0 spiro atoms. The highest BCUT2D eigenvalue weighted by atomic mass is 16.4. The van der Waals surface area contributed by atoms with Crippen LogP contribution in [0.15, 0.2) is 12.2 Å². The summed E-state index contributed by atoms with van der Waals surface area (Å²) in [5.41, 5.74) is 0. The Kier molecular flexibility index (Phi) is 5.07. The zero-order valence-corrected chi connectivity index (χ0v) is 6.54. The molecule has 0 saturated heterocycles. The van der Waals surface area contributed by atoms with Crippen molar-refractivity contribution in [1.82, 2.24) is 0 Å². The lowest BCUT2D eigenvalue weighted by Crippen LogP contribution is -1.92. The number of aliphatic carboxylic acids is 1. The predicted molar refractivity (Wildman–Crippen MR) is 41.3 cm³/mol. The molecular weight excluding hydrogens is 144 g/mol. The van der Waals surface area contributed by atoms with E-state index in [9.17, 15) is 9.59 Å². The van der Waals surface area contributed by atoms with Crippen LogP contribution < -0.4 is 0 Å². The van der Waals surface area contributed by atoms with Gasteiger partial charge in [0.2, 0.25) is 0 Å². The first kappa shape index (κ1) is 9.88. The third-order valence-corrected chi connectivity index (χ3v) is 1.11. The van der Waals surface area contributed by atoms with Crippen LogP contribution >= 0.6 is 0 Å². The molecule has 3 heteroatoms. The van der Waals surface area contributed by atoms with Gasteiger partial charge in [-0.1, -0.05) is 6.08 Å². The Morgan fingerprint density at radius 3 is 2.55 bits per heavy atom. The molecule has 0 atom stereocenters. The first-order valence-corrected chi connectivity index (χ1v) is 3.52. The lowest BCUT2D eigenvalue weighted by molar-refractivity contribution is -0.137. The highest BCUT2D eigenvalue weighted by molar-refractivity contribution is 5.87. The van der Waals surface area contributed by atoms with E-state index in [1.54, 1.807) is 6.08 Å². The summed E-state index contributed by atoms with van der Waals surface area (Å²) in [7, 11) is 0. The molecule has 0 amide bonds. The van der Waals surface area contributed by atoms with E-state index in [0.29, 0.717) is 12.8 Å². The molecule has 0 unspecified atom stereocenters. The second-order valence-electron chi connectivity index (χ2n) is 2.30. The summed E-state index contributed by atoms with van der Waals surface area (Å²) in [5, 5.41) is 8.23. The molecule has 0 aliphatic heterocycles. The third-order valence-electron chi connectivity index (χ3n) is 1.11. The van der Waals surface area contributed by atoms with Gasteiger partial charge in [-0.3, -0.25) is 9.59 Å². The van der Waals surface area contributed by atoms with Crippen molar-refractivity contribution < 1.29 is 14.7 Å². The van der Waals surface area contributed by atoms with Crippen molar-refractivity contribution in [2.45, 2.75) is 26.2 Å². The molecule has 0 fully saturated rings. The molecule has 1 N–H and O–H groups in total. The van der Waals surface area contributed by atoms with Gasteiger partial charge in [0.05, 0.1) is 0 Å². The number of unbranched alkanes of at least 4 members (excludes halogenated alkanes) is 1. The monoisotopic (exact) mass is 156 g/mol. The van der Waals surface area contributed by atoms with Crippen LogP contribution in [-0.2, 0) is 9.59 Å². The quantitative estimate of drug-likeness (QED) is 0.483. The van der Waals surface area contributed by atoms with Crippen LogP contribution in [0.3, 0.4) is 0 Å². The largest absolute Gasteiger partial charge is 0.481 e. The normalized spacial score (nSPS) is 10.3. The Hall–Kier alpha value is -1.12. The van der Waals surface area contributed by atoms with Gasteiger partial charge < -0.3 is 5.11 Å². The van der Waals surface area contributed by atoms with Crippen LogP contribution in [0.25, 0.3) is 0 Å². The predicted octanol–water partition coefficient (Wildman–Crippen LogP) is 1.39. The van der Waals surface area contributed by atoms with Crippen molar-refractivity contribution in [2.75, 3.05) is 0 Å². The molecule has 0 radical (unpaired) electrons. The summed E-state index contributed by atoms with van der Waals surface area (Å²) in [4.78, 5) is 20.3. The smallest absolute Gasteiger partial charge is 0.303 e. The van der Waals surface area contributed by atoms with Gasteiger partial charge in [-0.05, 0) is 25.8 Å². The zero-order chi connectivity index (χ0) is 8.69. The minimum absolute atomic E-state index is 0.000301. The first-order chi connectivity index (χ1) is 5.13. The second-order valence-corrected chi connectivity index (χ2v) is 2.30. The van der Waals surface area contributed by atoms with E-state index in [-0.39, 0.29) is 12.2 Å². The minimum Gasteiger partial charge on any atom is -0.481 e. The molecule has 0 heterocycles. The minimum atomic E-state index is -0.791. The van der Waals surface area contributed by atoms with Gasteiger partial charge in [-0.2, -0.15) is 0 Å². The molecule has 0 aromatic rings. The molecule has 0 aliphatic carbocycles. The molecule has 11 heavy (non-hydrogen) atoms. The maximum atomic E-state index is 10.3. The van der Waals surface area contributed by atoms with Gasteiger partial charge >= 0.3 is 5.97 Å². The highest BCUT2D eigenvalue weighted by Gasteiger charge is 1.93. The van der Waals surface area contributed by atoms with Crippen LogP contribution in [0.5, 0.6) is 0 Å². The number of carboxylic acids is 1. The van der Waals surface area contributed by atoms with Crippen LogP contribution in [0.1, 0.15) is 26.2 Å². The van der Waals surface area contributed by atoms with E-state index in [0.717, 1.165) is 0 Å².